The quantitative estimate of drug-likeness (QED) is 0.720. The lowest BCUT2D eigenvalue weighted by molar-refractivity contribution is 0.0949. The number of hydrogen-bond acceptors (Lipinski definition) is 4. The summed E-state index contributed by atoms with van der Waals surface area (Å²) >= 11 is 0. The molecule has 2 rings (SSSR count). The maximum atomic E-state index is 11.4. The van der Waals surface area contributed by atoms with E-state index in [1.165, 1.54) is 18.9 Å². The molecule has 2 N–H and O–H groups in total. The SMILES string of the molecule is O=C(NCC1CCCN1)c1cnoc1. The monoisotopic (exact) mass is 195 g/mol. The fourth-order valence-corrected chi connectivity index (χ4v) is 1.57. The van der Waals surface area contributed by atoms with Crippen LogP contribution in [0, 0.1) is 0 Å². The molecule has 0 aromatic carbocycles. The number of aromatic nitrogens is 1. The van der Waals surface area contributed by atoms with Gasteiger partial charge in [0, 0.05) is 12.6 Å². The fraction of sp³-hybridized carbons (Fsp3) is 0.556. The van der Waals surface area contributed by atoms with E-state index in [0.717, 1.165) is 13.0 Å². The highest BCUT2D eigenvalue weighted by atomic mass is 16.5. The third-order valence-corrected chi connectivity index (χ3v) is 2.37. The molecule has 1 aromatic heterocycles. The van der Waals surface area contributed by atoms with Crippen LogP contribution in [0.1, 0.15) is 23.2 Å². The van der Waals surface area contributed by atoms with Crippen molar-refractivity contribution in [1.29, 1.82) is 0 Å². The molecule has 0 radical (unpaired) electrons. The fourth-order valence-electron chi connectivity index (χ4n) is 1.57. The Labute approximate surface area is 81.8 Å². The summed E-state index contributed by atoms with van der Waals surface area (Å²) in [6.07, 6.45) is 5.08. The van der Waals surface area contributed by atoms with E-state index in [-0.39, 0.29) is 5.91 Å². The Bertz CT molecular complexity index is 291. The summed E-state index contributed by atoms with van der Waals surface area (Å²) < 4.78 is 4.58. The maximum absolute atomic E-state index is 11.4. The molecule has 0 spiro atoms. The molecule has 5 heteroatoms. The zero-order chi connectivity index (χ0) is 9.80. The average molecular weight is 195 g/mol. The minimum Gasteiger partial charge on any atom is -0.364 e. The molecule has 1 atom stereocenters. The van der Waals surface area contributed by atoms with Crippen LogP contribution in [-0.4, -0.2) is 30.2 Å². The van der Waals surface area contributed by atoms with Crippen molar-refractivity contribution in [2.24, 2.45) is 0 Å². The molecule has 0 saturated carbocycles. The van der Waals surface area contributed by atoms with E-state index in [2.05, 4.69) is 20.3 Å². The Balaban J connectivity index is 1.78. The Kier molecular flexibility index (Phi) is 2.78. The molecule has 14 heavy (non-hydrogen) atoms. The standard InChI is InChI=1S/C9H13N3O2/c13-9(7-4-12-14-6-7)11-5-8-2-1-3-10-8/h4,6,8,10H,1-3,5H2,(H,11,13). The first-order chi connectivity index (χ1) is 6.86. The number of rotatable bonds is 3. The lowest BCUT2D eigenvalue weighted by atomic mass is 10.2. The van der Waals surface area contributed by atoms with Crippen molar-refractivity contribution in [3.63, 3.8) is 0 Å². The molecule has 2 heterocycles. The summed E-state index contributed by atoms with van der Waals surface area (Å²) in [6.45, 7) is 1.72. The minimum absolute atomic E-state index is 0.125. The molecule has 1 aliphatic rings. The lowest BCUT2D eigenvalue weighted by Gasteiger charge is -2.10. The molecule has 1 aromatic rings. The molecule has 76 valence electrons. The van der Waals surface area contributed by atoms with Gasteiger partial charge in [0.05, 0.1) is 11.8 Å². The second-order valence-corrected chi connectivity index (χ2v) is 3.42. The Hall–Kier alpha value is -1.36. The van der Waals surface area contributed by atoms with Crippen molar-refractivity contribution in [1.82, 2.24) is 15.8 Å². The highest BCUT2D eigenvalue weighted by Gasteiger charge is 2.15. The molecule has 1 amide bonds. The van der Waals surface area contributed by atoms with Crippen molar-refractivity contribution >= 4 is 5.91 Å². The summed E-state index contributed by atoms with van der Waals surface area (Å²) in [5, 5.41) is 9.60. The van der Waals surface area contributed by atoms with Gasteiger partial charge in [-0.1, -0.05) is 5.16 Å². The first-order valence-corrected chi connectivity index (χ1v) is 4.77. The van der Waals surface area contributed by atoms with Crippen LogP contribution in [0.5, 0.6) is 0 Å². The smallest absolute Gasteiger partial charge is 0.256 e. The molecule has 5 nitrogen and oxygen atoms in total. The van der Waals surface area contributed by atoms with E-state index in [0.29, 0.717) is 18.2 Å². The van der Waals surface area contributed by atoms with Gasteiger partial charge in [-0.15, -0.1) is 0 Å². The van der Waals surface area contributed by atoms with Gasteiger partial charge in [0.25, 0.3) is 5.91 Å². The number of nitrogens with one attached hydrogen (secondary N) is 2. The second-order valence-electron chi connectivity index (χ2n) is 3.42. The lowest BCUT2D eigenvalue weighted by Crippen LogP contribution is -2.37. The number of hydrogen-bond donors (Lipinski definition) is 2. The molecule has 1 unspecified atom stereocenters. The predicted octanol–water partition coefficient (Wildman–Crippen LogP) is 0.156. The van der Waals surface area contributed by atoms with Gasteiger partial charge in [-0.25, -0.2) is 0 Å². The van der Waals surface area contributed by atoms with Crippen LogP contribution in [0.2, 0.25) is 0 Å². The van der Waals surface area contributed by atoms with E-state index in [1.54, 1.807) is 0 Å². The molecule has 0 bridgehead atoms. The molecule has 0 aliphatic carbocycles. The largest absolute Gasteiger partial charge is 0.364 e. The minimum atomic E-state index is -0.125. The Morgan fingerprint density at radius 3 is 3.36 bits per heavy atom. The van der Waals surface area contributed by atoms with Crippen LogP contribution in [-0.2, 0) is 0 Å². The van der Waals surface area contributed by atoms with Crippen LogP contribution in [0.25, 0.3) is 0 Å². The molecular formula is C9H13N3O2. The van der Waals surface area contributed by atoms with Gasteiger partial charge in [0.1, 0.15) is 6.26 Å². The summed E-state index contributed by atoms with van der Waals surface area (Å²) in [6, 6.07) is 0.416. The van der Waals surface area contributed by atoms with Gasteiger partial charge < -0.3 is 15.2 Å². The van der Waals surface area contributed by atoms with Crippen molar-refractivity contribution in [3.8, 4) is 0 Å². The van der Waals surface area contributed by atoms with E-state index in [1.807, 2.05) is 0 Å². The number of amides is 1. The van der Waals surface area contributed by atoms with Gasteiger partial charge in [0.15, 0.2) is 0 Å². The first kappa shape index (κ1) is 9.21. The second kappa shape index (κ2) is 4.23. The Morgan fingerprint density at radius 2 is 2.71 bits per heavy atom. The zero-order valence-electron chi connectivity index (χ0n) is 7.82. The van der Waals surface area contributed by atoms with Crippen LogP contribution in [0.4, 0.5) is 0 Å². The van der Waals surface area contributed by atoms with Crippen molar-refractivity contribution in [3.05, 3.63) is 18.0 Å². The summed E-state index contributed by atoms with van der Waals surface area (Å²) in [5.74, 6) is -0.125. The topological polar surface area (TPSA) is 67.2 Å². The number of nitrogens with zero attached hydrogens (tertiary/aromatic N) is 1. The molecule has 1 saturated heterocycles. The van der Waals surface area contributed by atoms with E-state index >= 15 is 0 Å². The van der Waals surface area contributed by atoms with Gasteiger partial charge in [-0.2, -0.15) is 0 Å². The van der Waals surface area contributed by atoms with Crippen LogP contribution in [0.15, 0.2) is 17.0 Å². The van der Waals surface area contributed by atoms with Crippen molar-refractivity contribution in [2.45, 2.75) is 18.9 Å². The van der Waals surface area contributed by atoms with Crippen LogP contribution >= 0.6 is 0 Å². The highest BCUT2D eigenvalue weighted by molar-refractivity contribution is 5.93. The van der Waals surface area contributed by atoms with Crippen molar-refractivity contribution in [2.75, 3.05) is 13.1 Å². The van der Waals surface area contributed by atoms with Gasteiger partial charge in [0.2, 0.25) is 0 Å². The third kappa shape index (κ3) is 2.11. The van der Waals surface area contributed by atoms with Gasteiger partial charge in [-0.05, 0) is 19.4 Å². The van der Waals surface area contributed by atoms with Gasteiger partial charge in [-0.3, -0.25) is 4.79 Å². The third-order valence-electron chi connectivity index (χ3n) is 2.37. The van der Waals surface area contributed by atoms with Crippen LogP contribution in [0.3, 0.4) is 0 Å². The molecule has 1 fully saturated rings. The average Bonchev–Trinajstić information content (AvgIpc) is 2.87. The van der Waals surface area contributed by atoms with E-state index < -0.39 is 0 Å². The first-order valence-electron chi connectivity index (χ1n) is 4.77. The maximum Gasteiger partial charge on any atom is 0.256 e. The van der Waals surface area contributed by atoms with E-state index in [4.69, 9.17) is 0 Å². The number of carbonyl (C=O) groups excluding carboxylic acids is 1. The summed E-state index contributed by atoms with van der Waals surface area (Å²) in [7, 11) is 0. The normalized spacial score (nSPS) is 21.0. The van der Waals surface area contributed by atoms with Gasteiger partial charge >= 0.3 is 0 Å². The van der Waals surface area contributed by atoms with E-state index in [9.17, 15) is 4.79 Å². The Morgan fingerprint density at radius 1 is 1.79 bits per heavy atom. The van der Waals surface area contributed by atoms with Crippen molar-refractivity contribution < 1.29 is 9.32 Å². The summed E-state index contributed by atoms with van der Waals surface area (Å²) in [4.78, 5) is 11.4. The predicted molar refractivity (Wildman–Crippen MR) is 49.9 cm³/mol. The zero-order valence-corrected chi connectivity index (χ0v) is 7.82. The molecule has 1 aliphatic heterocycles. The number of carbonyl (C=O) groups is 1. The van der Waals surface area contributed by atoms with Crippen LogP contribution < -0.4 is 10.6 Å². The summed E-state index contributed by atoms with van der Waals surface area (Å²) in [5.41, 5.74) is 0.475. The molecular weight excluding hydrogens is 182 g/mol. The highest BCUT2D eigenvalue weighted by Crippen LogP contribution is 2.03.